The normalized spacial score (nSPS) is 39.0. The first-order chi connectivity index (χ1) is 7.10. The molecule has 0 heterocycles. The average molecular weight is 210 g/mol. The maximum Gasteiger partial charge on any atom is -0.0358 e. The Hall–Kier alpha value is 0. The van der Waals surface area contributed by atoms with Crippen LogP contribution in [-0.2, 0) is 0 Å². The first-order valence-electron chi connectivity index (χ1n) is 7.10. The van der Waals surface area contributed by atoms with Gasteiger partial charge in [0.1, 0.15) is 0 Å². The van der Waals surface area contributed by atoms with E-state index in [0.717, 1.165) is 29.6 Å². The highest BCUT2D eigenvalue weighted by atomic mass is 14.4. The number of rotatable bonds is 4. The molecule has 0 saturated heterocycles. The third kappa shape index (κ3) is 3.23. The van der Waals surface area contributed by atoms with Gasteiger partial charge in [-0.3, -0.25) is 0 Å². The van der Waals surface area contributed by atoms with Gasteiger partial charge in [-0.15, -0.1) is 0 Å². The van der Waals surface area contributed by atoms with Crippen molar-refractivity contribution in [3.63, 3.8) is 0 Å². The molecule has 1 fully saturated rings. The Morgan fingerprint density at radius 1 is 1.13 bits per heavy atom. The third-order valence-electron chi connectivity index (χ3n) is 4.83. The van der Waals surface area contributed by atoms with Crippen molar-refractivity contribution in [3.05, 3.63) is 0 Å². The van der Waals surface area contributed by atoms with Crippen molar-refractivity contribution in [2.24, 2.45) is 29.6 Å². The summed E-state index contributed by atoms with van der Waals surface area (Å²) in [7, 11) is 0. The van der Waals surface area contributed by atoms with E-state index in [1.54, 1.807) is 0 Å². The second-order valence-corrected chi connectivity index (χ2v) is 6.03. The highest BCUT2D eigenvalue weighted by Gasteiger charge is 2.34. The van der Waals surface area contributed by atoms with Crippen LogP contribution in [0.5, 0.6) is 0 Å². The largest absolute Gasteiger partial charge is 0.0654 e. The van der Waals surface area contributed by atoms with E-state index in [2.05, 4.69) is 34.6 Å². The lowest BCUT2D eigenvalue weighted by Crippen LogP contribution is -2.33. The van der Waals surface area contributed by atoms with Crippen LogP contribution in [0, 0.1) is 29.6 Å². The summed E-state index contributed by atoms with van der Waals surface area (Å²) in [5.41, 5.74) is 0. The zero-order valence-electron chi connectivity index (χ0n) is 11.4. The van der Waals surface area contributed by atoms with Crippen LogP contribution in [0.2, 0.25) is 0 Å². The fourth-order valence-corrected chi connectivity index (χ4v) is 3.66. The minimum Gasteiger partial charge on any atom is -0.0654 e. The zero-order valence-corrected chi connectivity index (χ0v) is 11.4. The van der Waals surface area contributed by atoms with E-state index < -0.39 is 0 Å². The minimum absolute atomic E-state index is 0.933. The molecule has 0 aliphatic heterocycles. The molecular weight excluding hydrogens is 180 g/mol. The second kappa shape index (κ2) is 5.92. The molecule has 1 aliphatic rings. The van der Waals surface area contributed by atoms with E-state index in [1.807, 2.05) is 0 Å². The van der Waals surface area contributed by atoms with Gasteiger partial charge in [0.2, 0.25) is 0 Å². The summed E-state index contributed by atoms with van der Waals surface area (Å²) < 4.78 is 0. The van der Waals surface area contributed by atoms with Gasteiger partial charge in [-0.05, 0) is 42.4 Å². The molecule has 0 aromatic carbocycles. The molecule has 0 heteroatoms. The molecule has 0 radical (unpaired) electrons. The lowest BCUT2D eigenvalue weighted by atomic mass is 9.63. The van der Waals surface area contributed by atoms with E-state index in [1.165, 1.54) is 32.1 Å². The van der Waals surface area contributed by atoms with Crippen molar-refractivity contribution >= 4 is 0 Å². The highest BCUT2D eigenvalue weighted by Crippen LogP contribution is 2.43. The predicted octanol–water partition coefficient (Wildman–Crippen LogP) is 5.13. The van der Waals surface area contributed by atoms with Crippen molar-refractivity contribution in [2.75, 3.05) is 0 Å². The lowest BCUT2D eigenvalue weighted by molar-refractivity contribution is 0.0788. The highest BCUT2D eigenvalue weighted by molar-refractivity contribution is 4.84. The fraction of sp³-hybridized carbons (Fsp3) is 1.00. The third-order valence-corrected chi connectivity index (χ3v) is 4.83. The van der Waals surface area contributed by atoms with Crippen molar-refractivity contribution in [2.45, 2.75) is 66.7 Å². The van der Waals surface area contributed by atoms with Gasteiger partial charge in [-0.25, -0.2) is 0 Å². The molecule has 0 aromatic heterocycles. The van der Waals surface area contributed by atoms with Crippen molar-refractivity contribution < 1.29 is 0 Å². The Balaban J connectivity index is 2.62. The van der Waals surface area contributed by atoms with E-state index in [0.29, 0.717) is 0 Å². The van der Waals surface area contributed by atoms with E-state index in [4.69, 9.17) is 0 Å². The predicted molar refractivity (Wildman–Crippen MR) is 68.9 cm³/mol. The quantitative estimate of drug-likeness (QED) is 0.603. The second-order valence-electron chi connectivity index (χ2n) is 6.03. The fourth-order valence-electron chi connectivity index (χ4n) is 3.66. The van der Waals surface area contributed by atoms with Gasteiger partial charge in [-0.1, -0.05) is 53.9 Å². The van der Waals surface area contributed by atoms with Gasteiger partial charge >= 0.3 is 0 Å². The Labute approximate surface area is 96.8 Å². The lowest BCUT2D eigenvalue weighted by Gasteiger charge is -2.42. The zero-order chi connectivity index (χ0) is 11.4. The summed E-state index contributed by atoms with van der Waals surface area (Å²) in [5, 5.41) is 0. The van der Waals surface area contributed by atoms with E-state index >= 15 is 0 Å². The van der Waals surface area contributed by atoms with Gasteiger partial charge < -0.3 is 0 Å². The molecule has 0 aromatic rings. The van der Waals surface area contributed by atoms with Crippen LogP contribution in [-0.4, -0.2) is 0 Å². The van der Waals surface area contributed by atoms with Crippen LogP contribution >= 0.6 is 0 Å². The minimum atomic E-state index is 0.933. The summed E-state index contributed by atoms with van der Waals surface area (Å²) in [4.78, 5) is 0. The first kappa shape index (κ1) is 13.1. The standard InChI is InChI=1S/C15H30/c1-6-8-14-9-11(3)10-15(13(14)5)12(4)7-2/h11-15H,6-10H2,1-5H3. The molecule has 0 bridgehead atoms. The number of hydrogen-bond acceptors (Lipinski definition) is 0. The molecule has 0 spiro atoms. The topological polar surface area (TPSA) is 0 Å². The van der Waals surface area contributed by atoms with E-state index in [-0.39, 0.29) is 0 Å². The van der Waals surface area contributed by atoms with E-state index in [9.17, 15) is 0 Å². The summed E-state index contributed by atoms with van der Waals surface area (Å²) in [6.07, 6.45) is 7.16. The Bertz CT molecular complexity index is 173. The Morgan fingerprint density at radius 3 is 2.33 bits per heavy atom. The molecule has 5 atom stereocenters. The molecule has 0 nitrogen and oxygen atoms in total. The summed E-state index contributed by atoms with van der Waals surface area (Å²) in [6, 6.07) is 0. The van der Waals surface area contributed by atoms with Crippen LogP contribution in [0.4, 0.5) is 0 Å². The summed E-state index contributed by atoms with van der Waals surface area (Å²) in [5.74, 6) is 4.88. The molecule has 5 unspecified atom stereocenters. The molecule has 1 rings (SSSR count). The van der Waals surface area contributed by atoms with Crippen LogP contribution in [0.1, 0.15) is 66.7 Å². The smallest absolute Gasteiger partial charge is 0.0358 e. The van der Waals surface area contributed by atoms with Gasteiger partial charge in [0.05, 0.1) is 0 Å². The van der Waals surface area contributed by atoms with Gasteiger partial charge in [-0.2, -0.15) is 0 Å². The van der Waals surface area contributed by atoms with Crippen LogP contribution in [0.25, 0.3) is 0 Å². The first-order valence-corrected chi connectivity index (χ1v) is 7.10. The number of hydrogen-bond donors (Lipinski definition) is 0. The molecule has 90 valence electrons. The van der Waals surface area contributed by atoms with Crippen LogP contribution < -0.4 is 0 Å². The van der Waals surface area contributed by atoms with Crippen molar-refractivity contribution in [1.29, 1.82) is 0 Å². The molecular formula is C15H30. The SMILES string of the molecule is CCCC1CC(C)CC(C(C)CC)C1C. The Morgan fingerprint density at radius 2 is 1.80 bits per heavy atom. The molecule has 0 N–H and O–H groups in total. The van der Waals surface area contributed by atoms with Crippen LogP contribution in [0.3, 0.4) is 0 Å². The molecule has 0 amide bonds. The monoisotopic (exact) mass is 210 g/mol. The van der Waals surface area contributed by atoms with Crippen molar-refractivity contribution in [3.8, 4) is 0 Å². The van der Waals surface area contributed by atoms with Crippen LogP contribution in [0.15, 0.2) is 0 Å². The summed E-state index contributed by atoms with van der Waals surface area (Å²) >= 11 is 0. The maximum atomic E-state index is 2.52. The summed E-state index contributed by atoms with van der Waals surface area (Å²) in [6.45, 7) is 12.1. The molecule has 15 heavy (non-hydrogen) atoms. The molecule has 1 aliphatic carbocycles. The van der Waals surface area contributed by atoms with Crippen molar-refractivity contribution in [1.82, 2.24) is 0 Å². The average Bonchev–Trinajstić information content (AvgIpc) is 2.22. The van der Waals surface area contributed by atoms with Gasteiger partial charge in [0, 0.05) is 0 Å². The molecule has 1 saturated carbocycles. The maximum absolute atomic E-state index is 2.52. The van der Waals surface area contributed by atoms with Gasteiger partial charge in [0.25, 0.3) is 0 Å². The van der Waals surface area contributed by atoms with Gasteiger partial charge in [0.15, 0.2) is 0 Å². The Kier molecular flexibility index (Phi) is 5.15.